The number of hydrogen-bond acceptors (Lipinski definition) is 7. The van der Waals surface area contributed by atoms with Crippen molar-refractivity contribution >= 4 is 46.1 Å². The molecule has 7 nitrogen and oxygen atoms in total. The number of hydrogen-bond donors (Lipinski definition) is 0. The molecule has 1 aromatic heterocycles. The van der Waals surface area contributed by atoms with E-state index in [1.54, 1.807) is 9.47 Å². The molecule has 0 aliphatic carbocycles. The van der Waals surface area contributed by atoms with Crippen LogP contribution in [0.15, 0.2) is 40.0 Å². The smallest absolute Gasteiger partial charge is 0.270 e. The normalized spacial score (nSPS) is 17.0. The summed E-state index contributed by atoms with van der Waals surface area (Å²) >= 11 is 6.95. The van der Waals surface area contributed by atoms with E-state index in [1.807, 2.05) is 19.1 Å². The second-order valence-electron chi connectivity index (χ2n) is 11.2. The number of carbonyl (C=O) groups is 1. The van der Waals surface area contributed by atoms with Crippen LogP contribution in [0.5, 0.6) is 0 Å². The third-order valence-corrected chi connectivity index (χ3v) is 9.51. The topological polar surface area (TPSA) is 72.6 Å². The summed E-state index contributed by atoms with van der Waals surface area (Å²) in [5, 5.41) is 10.00. The quantitative estimate of drug-likeness (QED) is 0.150. The number of anilines is 1. The highest BCUT2D eigenvalue weighted by molar-refractivity contribution is 8.26. The predicted molar refractivity (Wildman–Crippen MR) is 178 cm³/mol. The van der Waals surface area contributed by atoms with Gasteiger partial charge < -0.3 is 4.90 Å². The number of nitriles is 1. The third-order valence-electron chi connectivity index (χ3n) is 8.14. The van der Waals surface area contributed by atoms with Gasteiger partial charge in [-0.1, -0.05) is 100 Å². The second-order valence-corrected chi connectivity index (χ2v) is 12.8. The Morgan fingerprint density at radius 3 is 2.31 bits per heavy atom. The lowest BCUT2D eigenvalue weighted by atomic mass is 10.0. The van der Waals surface area contributed by atoms with Crippen molar-refractivity contribution in [2.75, 3.05) is 37.6 Å². The van der Waals surface area contributed by atoms with Crippen LogP contribution in [0.3, 0.4) is 0 Å². The molecule has 4 rings (SSSR count). The van der Waals surface area contributed by atoms with Crippen molar-refractivity contribution in [1.82, 2.24) is 14.4 Å². The van der Waals surface area contributed by atoms with Crippen LogP contribution in [0.25, 0.3) is 6.08 Å². The lowest BCUT2D eigenvalue weighted by Crippen LogP contribution is -2.48. The van der Waals surface area contributed by atoms with Crippen LogP contribution in [-0.2, 0) is 17.9 Å². The minimum absolute atomic E-state index is 0.0802. The highest BCUT2D eigenvalue weighted by atomic mass is 32.2. The van der Waals surface area contributed by atoms with E-state index < -0.39 is 0 Å². The molecule has 0 spiro atoms. The van der Waals surface area contributed by atoms with Gasteiger partial charge in [-0.25, -0.2) is 0 Å². The number of nitrogens with zero attached hydrogens (tertiary/aromatic N) is 5. The van der Waals surface area contributed by atoms with Crippen molar-refractivity contribution in [3.63, 3.8) is 0 Å². The van der Waals surface area contributed by atoms with Gasteiger partial charge in [0.15, 0.2) is 0 Å². The SMILES string of the molecule is CCCCCCCN1C(=O)/C(=C\c2c(C)c(C#N)c(=O)n(CCCC)c2N2CCN(Cc3ccccc3)CC2)SC1=S. The number of piperazine rings is 1. The maximum atomic E-state index is 13.6. The average Bonchev–Trinajstić information content (AvgIpc) is 3.26. The number of unbranched alkanes of at least 4 members (excludes halogenated alkanes) is 5. The van der Waals surface area contributed by atoms with Crippen LogP contribution in [0, 0.1) is 18.3 Å². The lowest BCUT2D eigenvalue weighted by molar-refractivity contribution is -0.122. The maximum absolute atomic E-state index is 13.6. The number of thiocarbonyl (C=S) groups is 1. The number of rotatable bonds is 13. The number of aromatic nitrogens is 1. The zero-order valence-electron chi connectivity index (χ0n) is 25.2. The summed E-state index contributed by atoms with van der Waals surface area (Å²) in [4.78, 5) is 34.1. The van der Waals surface area contributed by atoms with E-state index in [2.05, 4.69) is 54.0 Å². The van der Waals surface area contributed by atoms with Gasteiger partial charge in [0.25, 0.3) is 11.5 Å². The average molecular weight is 606 g/mol. The van der Waals surface area contributed by atoms with Gasteiger partial charge >= 0.3 is 0 Å². The Labute approximate surface area is 260 Å². The van der Waals surface area contributed by atoms with Crippen LogP contribution < -0.4 is 10.5 Å². The van der Waals surface area contributed by atoms with Crippen LogP contribution in [0.1, 0.15) is 81.0 Å². The Balaban J connectivity index is 1.66. The summed E-state index contributed by atoms with van der Waals surface area (Å²) in [6.07, 6.45) is 9.20. The Morgan fingerprint density at radius 1 is 0.952 bits per heavy atom. The zero-order valence-corrected chi connectivity index (χ0v) is 26.9. The van der Waals surface area contributed by atoms with E-state index in [9.17, 15) is 14.9 Å². The van der Waals surface area contributed by atoms with Gasteiger partial charge in [0.05, 0.1) is 4.91 Å². The monoisotopic (exact) mass is 605 g/mol. The number of amides is 1. The van der Waals surface area contributed by atoms with Crippen molar-refractivity contribution < 1.29 is 4.79 Å². The number of pyridine rings is 1. The summed E-state index contributed by atoms with van der Waals surface area (Å²) in [6.45, 7) is 11.4. The summed E-state index contributed by atoms with van der Waals surface area (Å²) in [6, 6.07) is 12.6. The van der Waals surface area contributed by atoms with Crippen molar-refractivity contribution in [3.05, 3.63) is 67.8 Å². The van der Waals surface area contributed by atoms with Crippen LogP contribution in [0.2, 0.25) is 0 Å². The standard InChI is InChI=1S/C33H43N5O2S2/c1-4-6-8-9-13-17-38-32(40)29(42-33(38)41)22-27-25(3)28(23-34)31(39)37(16-7-5-2)30(27)36-20-18-35(19-21-36)24-26-14-11-10-12-15-26/h10-12,14-15,22H,4-9,13,16-21,24H2,1-3H3/b29-22+. The fourth-order valence-corrected chi connectivity index (χ4v) is 6.96. The largest absolute Gasteiger partial charge is 0.355 e. The van der Waals surface area contributed by atoms with Crippen molar-refractivity contribution in [2.45, 2.75) is 78.8 Å². The third kappa shape index (κ3) is 7.52. The molecule has 3 heterocycles. The first kappa shape index (κ1) is 32.0. The molecule has 2 saturated heterocycles. The molecule has 2 aliphatic heterocycles. The van der Waals surface area contributed by atoms with Gasteiger partial charge in [-0.05, 0) is 37.0 Å². The highest BCUT2D eigenvalue weighted by Gasteiger charge is 2.33. The second kappa shape index (κ2) is 15.5. The molecule has 2 aliphatic rings. The van der Waals surface area contributed by atoms with Crippen LogP contribution in [0.4, 0.5) is 5.82 Å². The lowest BCUT2D eigenvalue weighted by Gasteiger charge is -2.38. The molecular weight excluding hydrogens is 563 g/mol. The summed E-state index contributed by atoms with van der Waals surface area (Å²) < 4.78 is 2.36. The molecule has 1 aromatic carbocycles. The Kier molecular flexibility index (Phi) is 11.8. The van der Waals surface area contributed by atoms with Gasteiger partial charge in [0.2, 0.25) is 0 Å². The highest BCUT2D eigenvalue weighted by Crippen LogP contribution is 2.36. The Bertz CT molecular complexity index is 1390. The number of thioether (sulfide) groups is 1. The molecule has 224 valence electrons. The van der Waals surface area contributed by atoms with Gasteiger partial charge in [-0.2, -0.15) is 5.26 Å². The molecule has 42 heavy (non-hydrogen) atoms. The Hall–Kier alpha value is -2.93. The number of benzene rings is 1. The number of carbonyl (C=O) groups excluding carboxylic acids is 1. The molecule has 0 radical (unpaired) electrons. The van der Waals surface area contributed by atoms with E-state index >= 15 is 0 Å². The molecule has 0 N–H and O–H groups in total. The van der Waals surface area contributed by atoms with Crippen molar-refractivity contribution in [2.24, 2.45) is 0 Å². The summed E-state index contributed by atoms with van der Waals surface area (Å²) in [7, 11) is 0. The fraction of sp³-hybridized carbons (Fsp3) is 0.515. The van der Waals surface area contributed by atoms with E-state index in [-0.39, 0.29) is 17.0 Å². The van der Waals surface area contributed by atoms with E-state index in [1.165, 1.54) is 36.6 Å². The van der Waals surface area contributed by atoms with E-state index in [0.29, 0.717) is 27.9 Å². The molecule has 0 unspecified atom stereocenters. The van der Waals surface area contributed by atoms with Gasteiger partial charge in [0, 0.05) is 51.4 Å². The van der Waals surface area contributed by atoms with E-state index in [0.717, 1.165) is 69.8 Å². The first-order valence-electron chi connectivity index (χ1n) is 15.3. The predicted octanol–water partition coefficient (Wildman–Crippen LogP) is 6.32. The first-order valence-corrected chi connectivity index (χ1v) is 16.6. The zero-order chi connectivity index (χ0) is 30.1. The summed E-state index contributed by atoms with van der Waals surface area (Å²) in [5.74, 6) is 0.734. The van der Waals surface area contributed by atoms with Gasteiger partial charge in [0.1, 0.15) is 21.8 Å². The van der Waals surface area contributed by atoms with Crippen LogP contribution >= 0.6 is 24.0 Å². The van der Waals surface area contributed by atoms with E-state index in [4.69, 9.17) is 12.2 Å². The minimum Gasteiger partial charge on any atom is -0.355 e. The molecule has 0 atom stereocenters. The minimum atomic E-state index is -0.248. The molecule has 9 heteroatoms. The van der Waals surface area contributed by atoms with Crippen LogP contribution in [-0.4, -0.2) is 57.3 Å². The van der Waals surface area contributed by atoms with Crippen molar-refractivity contribution in [3.8, 4) is 6.07 Å². The molecule has 2 fully saturated rings. The maximum Gasteiger partial charge on any atom is 0.270 e. The molecular formula is C33H43N5O2S2. The molecule has 1 amide bonds. The molecule has 0 bridgehead atoms. The summed E-state index contributed by atoms with van der Waals surface area (Å²) in [5.41, 5.74) is 2.59. The van der Waals surface area contributed by atoms with Gasteiger partial charge in [-0.3, -0.25) is 24.0 Å². The molecule has 2 aromatic rings. The molecule has 0 saturated carbocycles. The fourth-order valence-electron chi connectivity index (χ4n) is 5.67. The Morgan fingerprint density at radius 2 is 1.64 bits per heavy atom. The van der Waals surface area contributed by atoms with Crippen molar-refractivity contribution in [1.29, 1.82) is 5.26 Å². The first-order chi connectivity index (χ1) is 20.4. The van der Waals surface area contributed by atoms with Gasteiger partial charge in [-0.15, -0.1) is 0 Å².